The van der Waals surface area contributed by atoms with Gasteiger partial charge in [0.05, 0.1) is 39.1 Å². The SMILES string of the molecule is CC(C)Oc1cc(C(=O)O)cc2sc(N3CCN4C[C@@H](OCc5c(-c6c(Cl)cccc6Cl)noc5C5CC5)C[C@@H]4C3)nc12. The second-order valence-corrected chi connectivity index (χ2v) is 13.6. The Kier molecular flexibility index (Phi) is 7.75. The number of carboxylic acids is 1. The number of aromatic carboxylic acids is 1. The quantitative estimate of drug-likeness (QED) is 0.205. The zero-order valence-electron chi connectivity index (χ0n) is 23.9. The van der Waals surface area contributed by atoms with E-state index in [1.54, 1.807) is 12.1 Å². The van der Waals surface area contributed by atoms with Crippen molar-refractivity contribution < 1.29 is 23.9 Å². The number of hydrogen-bond acceptors (Lipinski definition) is 9. The van der Waals surface area contributed by atoms with Gasteiger partial charge in [-0.05, 0) is 57.4 Å². The van der Waals surface area contributed by atoms with E-state index in [0.29, 0.717) is 51.1 Å². The third-order valence-corrected chi connectivity index (χ3v) is 10.0. The number of carboxylic acid groups (broad SMARTS) is 1. The molecule has 0 amide bonds. The maximum absolute atomic E-state index is 11.7. The largest absolute Gasteiger partial charge is 0.489 e. The van der Waals surface area contributed by atoms with Crippen LogP contribution in [0.1, 0.15) is 60.7 Å². The Morgan fingerprint density at radius 2 is 1.98 bits per heavy atom. The third kappa shape index (κ3) is 5.71. The lowest BCUT2D eigenvalue weighted by Crippen LogP contribution is -2.50. The van der Waals surface area contributed by atoms with Crippen LogP contribution in [0.2, 0.25) is 10.0 Å². The maximum Gasteiger partial charge on any atom is 0.335 e. The molecule has 0 radical (unpaired) electrons. The lowest BCUT2D eigenvalue weighted by atomic mass is 10.0. The molecule has 1 saturated carbocycles. The Bertz CT molecular complexity index is 1670. The molecule has 1 aliphatic carbocycles. The number of ether oxygens (including phenoxy) is 2. The Morgan fingerprint density at radius 3 is 2.70 bits per heavy atom. The number of benzene rings is 2. The fourth-order valence-electron chi connectivity index (χ4n) is 6.13. The number of nitrogens with zero attached hydrogens (tertiary/aromatic N) is 4. The van der Waals surface area contributed by atoms with Gasteiger partial charge in [-0.15, -0.1) is 0 Å². The smallest absolute Gasteiger partial charge is 0.335 e. The van der Waals surface area contributed by atoms with E-state index in [-0.39, 0.29) is 17.8 Å². The average Bonchev–Trinajstić information content (AvgIpc) is 3.38. The highest BCUT2D eigenvalue weighted by Crippen LogP contribution is 2.46. The first-order valence-electron chi connectivity index (χ1n) is 14.6. The summed E-state index contributed by atoms with van der Waals surface area (Å²) in [6, 6.07) is 9.04. The summed E-state index contributed by atoms with van der Waals surface area (Å²) in [4.78, 5) is 21.4. The normalized spacial score (nSPS) is 20.7. The number of piperazine rings is 1. The van der Waals surface area contributed by atoms with Crippen LogP contribution < -0.4 is 9.64 Å². The van der Waals surface area contributed by atoms with Gasteiger partial charge >= 0.3 is 5.97 Å². The zero-order valence-corrected chi connectivity index (χ0v) is 26.2. The molecule has 2 aliphatic heterocycles. The summed E-state index contributed by atoms with van der Waals surface area (Å²) in [6.45, 7) is 7.66. The number of rotatable bonds is 9. The van der Waals surface area contributed by atoms with Gasteiger partial charge in [-0.3, -0.25) is 4.90 Å². The van der Waals surface area contributed by atoms with E-state index in [4.69, 9.17) is 42.2 Å². The molecule has 2 aromatic carbocycles. The van der Waals surface area contributed by atoms with E-state index in [0.717, 1.165) is 66.6 Å². The van der Waals surface area contributed by atoms with Crippen LogP contribution in [0.4, 0.5) is 5.13 Å². The van der Waals surface area contributed by atoms with Crippen molar-refractivity contribution in [2.45, 2.75) is 63.9 Å². The number of aromatic nitrogens is 2. The first-order valence-corrected chi connectivity index (χ1v) is 16.2. The summed E-state index contributed by atoms with van der Waals surface area (Å²) in [5.74, 6) is 0.790. The van der Waals surface area contributed by atoms with E-state index >= 15 is 0 Å². The van der Waals surface area contributed by atoms with Crippen molar-refractivity contribution >= 4 is 55.9 Å². The number of anilines is 1. The minimum absolute atomic E-state index is 0.0704. The monoisotopic (exact) mass is 642 g/mol. The summed E-state index contributed by atoms with van der Waals surface area (Å²) in [5.41, 5.74) is 3.22. The summed E-state index contributed by atoms with van der Waals surface area (Å²) >= 11 is 14.6. The molecular weight excluding hydrogens is 611 g/mol. The molecule has 3 fully saturated rings. The van der Waals surface area contributed by atoms with E-state index < -0.39 is 5.97 Å². The van der Waals surface area contributed by atoms with Gasteiger partial charge in [0.2, 0.25) is 0 Å². The van der Waals surface area contributed by atoms with E-state index in [2.05, 4.69) is 15.0 Å². The first kappa shape index (κ1) is 28.9. The lowest BCUT2D eigenvalue weighted by Gasteiger charge is -2.37. The molecule has 2 saturated heterocycles. The van der Waals surface area contributed by atoms with Gasteiger partial charge in [-0.25, -0.2) is 9.78 Å². The molecule has 0 bridgehead atoms. The topological polar surface area (TPSA) is 101 Å². The molecule has 0 spiro atoms. The third-order valence-electron chi connectivity index (χ3n) is 8.34. The number of fused-ring (bicyclic) bond motifs is 2. The molecule has 0 unspecified atom stereocenters. The van der Waals surface area contributed by atoms with Crippen LogP contribution in [0, 0.1) is 0 Å². The van der Waals surface area contributed by atoms with E-state index in [9.17, 15) is 9.90 Å². The van der Waals surface area contributed by atoms with Crippen molar-refractivity contribution in [3.05, 3.63) is 57.3 Å². The van der Waals surface area contributed by atoms with Crippen molar-refractivity contribution in [2.24, 2.45) is 0 Å². The van der Waals surface area contributed by atoms with Gasteiger partial charge in [0.15, 0.2) is 5.13 Å². The van der Waals surface area contributed by atoms with Crippen LogP contribution in [-0.4, -0.2) is 70.5 Å². The van der Waals surface area contributed by atoms with Gasteiger partial charge in [-0.1, -0.05) is 45.8 Å². The standard InChI is InChI=1S/C31H32Cl2N4O5S/c1-16(2)41-24-10-18(30(38)39)11-25-28(24)34-31(43-25)37-9-8-36-14-20(12-19(36)13-37)40-15-21-27(35-42-29(21)17-6-7-17)26-22(32)4-3-5-23(26)33/h3-5,10-11,16-17,19-20H,6-9,12-15H2,1-2H3,(H,38,39)/t19-,20+/m1/s1. The van der Waals surface area contributed by atoms with Crippen molar-refractivity contribution in [2.75, 3.05) is 31.1 Å². The molecular formula is C31H32Cl2N4O5S. The van der Waals surface area contributed by atoms with Crippen molar-refractivity contribution in [3.8, 4) is 17.0 Å². The highest BCUT2D eigenvalue weighted by Gasteiger charge is 2.39. The predicted molar refractivity (Wildman–Crippen MR) is 167 cm³/mol. The minimum atomic E-state index is -0.978. The molecule has 9 nitrogen and oxygen atoms in total. The molecule has 4 heterocycles. The van der Waals surface area contributed by atoms with Gasteiger partial charge in [0.1, 0.15) is 22.7 Å². The van der Waals surface area contributed by atoms with Crippen LogP contribution in [0.15, 0.2) is 34.9 Å². The van der Waals surface area contributed by atoms with Gasteiger partial charge < -0.3 is 24.0 Å². The highest BCUT2D eigenvalue weighted by molar-refractivity contribution is 7.22. The average molecular weight is 644 g/mol. The molecule has 12 heteroatoms. The predicted octanol–water partition coefficient (Wildman–Crippen LogP) is 7.10. The summed E-state index contributed by atoms with van der Waals surface area (Å²) in [5, 5.41) is 16.0. The number of halogens is 2. The van der Waals surface area contributed by atoms with Crippen molar-refractivity contribution in [1.29, 1.82) is 0 Å². The maximum atomic E-state index is 11.7. The lowest BCUT2D eigenvalue weighted by molar-refractivity contribution is 0.0463. The molecule has 7 rings (SSSR count). The summed E-state index contributed by atoms with van der Waals surface area (Å²) in [6.07, 6.45) is 3.05. The zero-order chi connectivity index (χ0) is 29.8. The summed E-state index contributed by atoms with van der Waals surface area (Å²) in [7, 11) is 0. The number of carbonyl (C=O) groups is 1. The Balaban J connectivity index is 1.06. The molecule has 2 atom stereocenters. The van der Waals surface area contributed by atoms with Gasteiger partial charge in [-0.2, -0.15) is 0 Å². The van der Waals surface area contributed by atoms with E-state index in [1.807, 2.05) is 32.0 Å². The molecule has 43 heavy (non-hydrogen) atoms. The molecule has 3 aliphatic rings. The van der Waals surface area contributed by atoms with Crippen LogP contribution in [0.25, 0.3) is 21.5 Å². The van der Waals surface area contributed by atoms with Gasteiger partial charge in [0.25, 0.3) is 0 Å². The Morgan fingerprint density at radius 1 is 1.19 bits per heavy atom. The van der Waals surface area contributed by atoms with Crippen molar-refractivity contribution in [1.82, 2.24) is 15.0 Å². The second kappa shape index (κ2) is 11.6. The highest BCUT2D eigenvalue weighted by atomic mass is 35.5. The van der Waals surface area contributed by atoms with Crippen LogP contribution in [-0.2, 0) is 11.3 Å². The van der Waals surface area contributed by atoms with Gasteiger partial charge in [0, 0.05) is 49.3 Å². The fraction of sp³-hybridized carbons (Fsp3) is 0.452. The number of hydrogen-bond donors (Lipinski definition) is 1. The van der Waals surface area contributed by atoms with Crippen LogP contribution in [0.5, 0.6) is 5.75 Å². The minimum Gasteiger partial charge on any atom is -0.489 e. The molecule has 2 aromatic heterocycles. The summed E-state index contributed by atoms with van der Waals surface area (Å²) < 4.78 is 19.1. The van der Waals surface area contributed by atoms with Crippen LogP contribution in [0.3, 0.4) is 0 Å². The molecule has 1 N–H and O–H groups in total. The Hall–Kier alpha value is -2.89. The van der Waals surface area contributed by atoms with Crippen LogP contribution >= 0.6 is 34.5 Å². The fourth-order valence-corrected chi connectivity index (χ4v) is 7.76. The Labute approximate surface area is 263 Å². The molecule has 226 valence electrons. The second-order valence-electron chi connectivity index (χ2n) is 11.8. The number of thiazole rings is 1. The van der Waals surface area contributed by atoms with Crippen molar-refractivity contribution in [3.63, 3.8) is 0 Å². The first-order chi connectivity index (χ1) is 20.7. The molecule has 4 aromatic rings. The van der Waals surface area contributed by atoms with E-state index in [1.165, 1.54) is 11.3 Å².